The lowest BCUT2D eigenvalue weighted by atomic mass is 9.94. The van der Waals surface area contributed by atoms with Crippen LogP contribution in [0, 0.1) is 6.92 Å². The van der Waals surface area contributed by atoms with E-state index < -0.39 is 18.6 Å². The van der Waals surface area contributed by atoms with E-state index in [9.17, 15) is 19.5 Å². The molecule has 4 aromatic rings. The third-order valence-corrected chi connectivity index (χ3v) is 7.94. The molecule has 0 spiro atoms. The lowest BCUT2D eigenvalue weighted by Crippen LogP contribution is -2.40. The van der Waals surface area contributed by atoms with Gasteiger partial charge in [0.25, 0.3) is 11.5 Å². The van der Waals surface area contributed by atoms with Gasteiger partial charge in [0.2, 0.25) is 0 Å². The van der Waals surface area contributed by atoms with Crippen LogP contribution in [0.15, 0.2) is 87.8 Å². The van der Waals surface area contributed by atoms with E-state index in [4.69, 9.17) is 19.2 Å². The molecule has 1 N–H and O–H groups in total. The molecule has 3 aromatic carbocycles. The van der Waals surface area contributed by atoms with Crippen LogP contribution >= 0.6 is 11.3 Å². The van der Waals surface area contributed by atoms with Crippen LogP contribution in [-0.4, -0.2) is 36.8 Å². The summed E-state index contributed by atoms with van der Waals surface area (Å²) in [6, 6.07) is 18.9. The van der Waals surface area contributed by atoms with Crippen molar-refractivity contribution in [1.29, 1.82) is 0 Å². The summed E-state index contributed by atoms with van der Waals surface area (Å²) in [4.78, 5) is 43.9. The number of aromatic nitrogens is 1. The summed E-state index contributed by atoms with van der Waals surface area (Å²) in [5, 5.41) is 13.8. The van der Waals surface area contributed by atoms with Gasteiger partial charge >= 0.3 is 0 Å². The number of nitrogens with one attached hydrogen (secondary N) is 1. The number of hydrogen-bond acceptors (Lipinski definition) is 9. The lowest BCUT2D eigenvalue weighted by Gasteiger charge is -2.26. The number of nitrogens with zero attached hydrogens (tertiary/aromatic N) is 2. The highest BCUT2D eigenvalue weighted by atomic mass is 32.1. The number of para-hydroxylation sites is 1. The number of benzene rings is 3. The van der Waals surface area contributed by atoms with Crippen molar-refractivity contribution >= 4 is 35.0 Å². The van der Waals surface area contributed by atoms with Gasteiger partial charge in [-0.3, -0.25) is 14.2 Å². The minimum absolute atomic E-state index is 0.243. The topological polar surface area (TPSA) is 131 Å². The van der Waals surface area contributed by atoms with Crippen LogP contribution in [0.2, 0.25) is 0 Å². The van der Waals surface area contributed by atoms with Crippen molar-refractivity contribution in [3.63, 3.8) is 0 Å². The Bertz CT molecular complexity index is 1940. The van der Waals surface area contributed by atoms with Crippen LogP contribution < -0.4 is 39.5 Å². The number of carboxylic acids is 1. The maximum Gasteiger partial charge on any atom is 0.271 e. The van der Waals surface area contributed by atoms with Crippen molar-refractivity contribution < 1.29 is 28.9 Å². The maximum absolute atomic E-state index is 14.1. The Morgan fingerprint density at radius 2 is 1.80 bits per heavy atom. The largest absolute Gasteiger partial charge is 0.546 e. The van der Waals surface area contributed by atoms with E-state index in [2.05, 4.69) is 5.32 Å². The zero-order valence-electron chi connectivity index (χ0n) is 24.6. The van der Waals surface area contributed by atoms with E-state index >= 15 is 0 Å². The predicted octanol–water partition coefficient (Wildman–Crippen LogP) is 2.72. The third kappa shape index (κ3) is 6.28. The summed E-state index contributed by atoms with van der Waals surface area (Å²) in [6.45, 7) is 5.17. The molecule has 10 nitrogen and oxygen atoms in total. The van der Waals surface area contributed by atoms with E-state index in [1.54, 1.807) is 57.4 Å². The van der Waals surface area contributed by atoms with Gasteiger partial charge in [0.1, 0.15) is 12.4 Å². The second kappa shape index (κ2) is 13.0. The number of carboxylic acid groups (broad SMARTS) is 1. The van der Waals surface area contributed by atoms with Gasteiger partial charge in [-0.25, -0.2) is 4.99 Å². The first-order valence-corrected chi connectivity index (χ1v) is 14.6. The van der Waals surface area contributed by atoms with Crippen molar-refractivity contribution in [2.75, 3.05) is 25.6 Å². The average Bonchev–Trinajstić information content (AvgIpc) is 3.30. The zero-order chi connectivity index (χ0) is 31.4. The first-order valence-electron chi connectivity index (χ1n) is 13.8. The number of anilines is 1. The summed E-state index contributed by atoms with van der Waals surface area (Å²) in [7, 11) is 1.58. The van der Waals surface area contributed by atoms with Gasteiger partial charge in [-0.2, -0.15) is 0 Å². The summed E-state index contributed by atoms with van der Waals surface area (Å²) >= 11 is 1.20. The Balaban J connectivity index is 1.64. The molecular weight excluding hydrogens is 582 g/mol. The van der Waals surface area contributed by atoms with Crippen LogP contribution in [-0.2, 0) is 9.59 Å². The minimum Gasteiger partial charge on any atom is -0.546 e. The predicted molar refractivity (Wildman–Crippen MR) is 165 cm³/mol. The van der Waals surface area contributed by atoms with Crippen LogP contribution in [0.5, 0.6) is 17.2 Å². The number of aliphatic carboxylic acids is 1. The Morgan fingerprint density at radius 1 is 1.02 bits per heavy atom. The molecule has 0 radical (unpaired) electrons. The van der Waals surface area contributed by atoms with Crippen molar-refractivity contribution in [2.24, 2.45) is 4.99 Å². The van der Waals surface area contributed by atoms with Gasteiger partial charge in [-0.15, -0.1) is 0 Å². The molecule has 226 valence electrons. The SMILES string of the molecule is CCOc1cc(/C=c2\sc3n(c2=O)[C@H](c2ccc(C)c(OC)c2)C(C(=O)Nc2ccccc2)=C(C)N=3)ccc1OCC(=O)[O-]. The monoisotopic (exact) mass is 612 g/mol. The molecule has 1 amide bonds. The number of allylic oxidation sites excluding steroid dienone is 1. The summed E-state index contributed by atoms with van der Waals surface area (Å²) < 4.78 is 18.4. The molecule has 11 heteroatoms. The Hall–Kier alpha value is -5.16. The van der Waals surface area contributed by atoms with E-state index in [0.29, 0.717) is 55.5 Å². The van der Waals surface area contributed by atoms with E-state index in [1.165, 1.54) is 15.9 Å². The molecule has 0 saturated heterocycles. The van der Waals surface area contributed by atoms with Crippen LogP contribution in [0.1, 0.15) is 36.6 Å². The number of thiazole rings is 1. The van der Waals surface area contributed by atoms with Crippen molar-refractivity contribution in [3.05, 3.63) is 114 Å². The molecular formula is C33H30N3O7S-. The van der Waals surface area contributed by atoms with E-state index in [0.717, 1.165) is 5.56 Å². The third-order valence-electron chi connectivity index (χ3n) is 6.96. The second-order valence-corrected chi connectivity index (χ2v) is 10.9. The lowest BCUT2D eigenvalue weighted by molar-refractivity contribution is -0.307. The highest BCUT2D eigenvalue weighted by Gasteiger charge is 2.33. The number of carbonyl (C=O) groups excluding carboxylic acids is 2. The van der Waals surface area contributed by atoms with Gasteiger partial charge in [-0.05, 0) is 73.9 Å². The molecule has 2 heterocycles. The fourth-order valence-corrected chi connectivity index (χ4v) is 5.99. The molecule has 1 aromatic heterocycles. The molecule has 0 bridgehead atoms. The number of rotatable bonds is 10. The summed E-state index contributed by atoms with van der Waals surface area (Å²) in [5.41, 5.74) is 3.36. The molecule has 1 aliphatic rings. The van der Waals surface area contributed by atoms with Crippen molar-refractivity contribution in [1.82, 2.24) is 4.57 Å². The van der Waals surface area contributed by atoms with Gasteiger partial charge in [0.15, 0.2) is 16.3 Å². The summed E-state index contributed by atoms with van der Waals surface area (Å²) in [5.74, 6) is -0.523. The smallest absolute Gasteiger partial charge is 0.271 e. The van der Waals surface area contributed by atoms with Crippen molar-refractivity contribution in [2.45, 2.75) is 26.8 Å². The van der Waals surface area contributed by atoms with Gasteiger partial charge in [0, 0.05) is 5.69 Å². The molecule has 1 atom stereocenters. The van der Waals surface area contributed by atoms with Gasteiger partial charge in [0.05, 0.1) is 41.5 Å². The highest BCUT2D eigenvalue weighted by molar-refractivity contribution is 7.07. The molecule has 44 heavy (non-hydrogen) atoms. The fraction of sp³-hybridized carbons (Fsp3) is 0.212. The molecule has 0 unspecified atom stereocenters. The number of aryl methyl sites for hydroxylation is 1. The quantitative estimate of drug-likeness (QED) is 0.291. The highest BCUT2D eigenvalue weighted by Crippen LogP contribution is 2.34. The number of fused-ring (bicyclic) bond motifs is 1. The maximum atomic E-state index is 14.1. The molecule has 0 fully saturated rings. The minimum atomic E-state index is -1.36. The Labute approximate surface area is 257 Å². The van der Waals surface area contributed by atoms with Crippen molar-refractivity contribution in [3.8, 4) is 17.2 Å². The molecule has 0 aliphatic carbocycles. The Kier molecular flexibility index (Phi) is 8.96. The number of carbonyl (C=O) groups is 2. The first-order chi connectivity index (χ1) is 21.2. The number of methoxy groups -OCH3 is 1. The molecule has 5 rings (SSSR count). The van der Waals surface area contributed by atoms with E-state index in [1.807, 2.05) is 43.3 Å². The van der Waals surface area contributed by atoms with Crippen LogP contribution in [0.4, 0.5) is 5.69 Å². The summed E-state index contributed by atoms with van der Waals surface area (Å²) in [6.07, 6.45) is 1.70. The standard InChI is InChI=1S/C33H31N3O7S/c1-5-42-26-15-21(12-14-24(26)43-18-28(37)38)16-27-32(40)36-30(22-13-11-19(2)25(17-22)41-4)29(20(3)34-33(36)44-27)31(39)35-23-9-7-6-8-10-23/h6-17,30H,5,18H2,1-4H3,(H,35,39)(H,37,38)/p-1/b27-16-/t30-/m1/s1. The van der Waals surface area contributed by atoms with Gasteiger partial charge < -0.3 is 29.4 Å². The van der Waals surface area contributed by atoms with Gasteiger partial charge in [-0.1, -0.05) is 47.7 Å². The number of ether oxygens (including phenoxy) is 3. The first kappa shape index (κ1) is 30.3. The normalized spacial score (nSPS) is 14.5. The van der Waals surface area contributed by atoms with E-state index in [-0.39, 0.29) is 17.2 Å². The zero-order valence-corrected chi connectivity index (χ0v) is 25.4. The Morgan fingerprint density at radius 3 is 2.50 bits per heavy atom. The number of hydrogen-bond donors (Lipinski definition) is 1. The molecule has 1 aliphatic heterocycles. The van der Waals surface area contributed by atoms with Crippen LogP contribution in [0.25, 0.3) is 6.08 Å². The fourth-order valence-electron chi connectivity index (χ4n) is 4.94. The number of amides is 1. The average molecular weight is 613 g/mol. The second-order valence-electron chi connectivity index (χ2n) is 9.93. The molecule has 0 saturated carbocycles. The van der Waals surface area contributed by atoms with Crippen LogP contribution in [0.3, 0.4) is 0 Å².